The third kappa shape index (κ3) is 11.7. The number of pyridine rings is 1. The van der Waals surface area contributed by atoms with Crippen molar-refractivity contribution in [2.75, 3.05) is 58.1 Å². The standard InChI is InChI=1S/C31H33N7O3S.3C2H4O2/c1-36-10-12-38(13-11-36)18-34-30(39)21-16-33-29(32)27-22(17-42-28(21)27)19-8-9-23(26(15-19)41-3)35-31(40)25-14-20-6-4-5-7-24(20)37(25)2;3*1-2(3)4/h4-9,14-17H,10-13,18H2,1-3H3,(H2,32,33)(H,34,39)(H,35,40);3*1H3,(H,3,4). The zero-order chi connectivity index (χ0) is 40.1. The molecule has 6 rings (SSSR count). The Morgan fingerprint density at radius 1 is 0.889 bits per heavy atom. The van der Waals surface area contributed by atoms with Crippen LogP contribution < -0.4 is 21.1 Å². The van der Waals surface area contributed by atoms with Gasteiger partial charge in [0.05, 0.1) is 29.7 Å². The number of thiophene rings is 1. The number of ether oxygens (including phenoxy) is 1. The number of nitrogen functional groups attached to an aromatic ring is 1. The molecule has 3 aromatic heterocycles. The van der Waals surface area contributed by atoms with E-state index in [1.807, 2.05) is 65.5 Å². The summed E-state index contributed by atoms with van der Waals surface area (Å²) in [5, 5.41) is 32.0. The molecular formula is C37H45N7O9S. The Morgan fingerprint density at radius 3 is 2.09 bits per heavy atom. The number of fused-ring (bicyclic) bond motifs is 2. The van der Waals surface area contributed by atoms with Gasteiger partial charge < -0.3 is 45.9 Å². The number of carbonyl (C=O) groups is 5. The second-order valence-corrected chi connectivity index (χ2v) is 12.9. The first kappa shape index (κ1) is 42.4. The van der Waals surface area contributed by atoms with Crippen molar-refractivity contribution in [3.05, 3.63) is 71.4 Å². The molecule has 5 aromatic rings. The number of piperazine rings is 1. The number of hydrogen-bond acceptors (Lipinski definition) is 11. The number of aryl methyl sites for hydroxylation is 1. The van der Waals surface area contributed by atoms with Crippen LogP contribution in [0.25, 0.3) is 32.1 Å². The molecule has 54 heavy (non-hydrogen) atoms. The van der Waals surface area contributed by atoms with E-state index >= 15 is 0 Å². The van der Waals surface area contributed by atoms with Gasteiger partial charge in [0, 0.05) is 82.0 Å². The van der Waals surface area contributed by atoms with Crippen LogP contribution in [0.1, 0.15) is 41.6 Å². The van der Waals surface area contributed by atoms with Crippen LogP contribution in [-0.2, 0) is 21.4 Å². The normalized spacial score (nSPS) is 12.6. The smallest absolute Gasteiger partial charge is 0.300 e. The Hall–Kier alpha value is -6.04. The highest BCUT2D eigenvalue weighted by atomic mass is 32.1. The lowest BCUT2D eigenvalue weighted by atomic mass is 10.0. The van der Waals surface area contributed by atoms with Crippen LogP contribution in [0.5, 0.6) is 5.75 Å². The summed E-state index contributed by atoms with van der Waals surface area (Å²) in [6.07, 6.45) is 1.55. The van der Waals surface area contributed by atoms with Crippen molar-refractivity contribution in [3.8, 4) is 16.9 Å². The van der Waals surface area contributed by atoms with E-state index in [9.17, 15) is 9.59 Å². The molecule has 0 saturated carbocycles. The Morgan fingerprint density at radius 2 is 1.50 bits per heavy atom. The number of amides is 2. The predicted molar refractivity (Wildman–Crippen MR) is 208 cm³/mol. The summed E-state index contributed by atoms with van der Waals surface area (Å²) in [7, 11) is 5.54. The van der Waals surface area contributed by atoms with Crippen LogP contribution in [0.4, 0.5) is 11.5 Å². The van der Waals surface area contributed by atoms with Crippen molar-refractivity contribution < 1.29 is 44.0 Å². The maximum atomic E-state index is 13.2. The minimum absolute atomic E-state index is 0.177. The molecule has 0 atom stereocenters. The van der Waals surface area contributed by atoms with Gasteiger partial charge in [-0.1, -0.05) is 24.3 Å². The fourth-order valence-corrected chi connectivity index (χ4v) is 6.48. The van der Waals surface area contributed by atoms with Gasteiger partial charge in [-0.25, -0.2) is 4.98 Å². The average Bonchev–Trinajstić information content (AvgIpc) is 3.70. The monoisotopic (exact) mass is 763 g/mol. The topological polar surface area (TPSA) is 230 Å². The molecule has 1 saturated heterocycles. The maximum absolute atomic E-state index is 13.2. The summed E-state index contributed by atoms with van der Waals surface area (Å²) >= 11 is 1.45. The number of methoxy groups -OCH3 is 1. The van der Waals surface area contributed by atoms with E-state index in [-0.39, 0.29) is 11.8 Å². The molecule has 288 valence electrons. The summed E-state index contributed by atoms with van der Waals surface area (Å²) < 4.78 is 8.32. The number of nitrogens with zero attached hydrogens (tertiary/aromatic N) is 4. The number of nitrogens with one attached hydrogen (secondary N) is 2. The molecule has 1 fully saturated rings. The number of aliphatic carboxylic acids is 3. The summed E-state index contributed by atoms with van der Waals surface area (Å²) in [4.78, 5) is 62.3. The zero-order valence-electron chi connectivity index (χ0n) is 30.9. The Labute approximate surface area is 315 Å². The minimum atomic E-state index is -0.833. The lowest BCUT2D eigenvalue weighted by Crippen LogP contribution is -2.48. The molecule has 2 aromatic carbocycles. The molecule has 4 heterocycles. The number of carboxylic acids is 3. The van der Waals surface area contributed by atoms with E-state index in [0.29, 0.717) is 35.2 Å². The van der Waals surface area contributed by atoms with Gasteiger partial charge in [-0.2, -0.15) is 0 Å². The molecule has 17 heteroatoms. The van der Waals surface area contributed by atoms with Crippen molar-refractivity contribution in [3.63, 3.8) is 0 Å². The summed E-state index contributed by atoms with van der Waals surface area (Å²) in [6, 6.07) is 15.3. The summed E-state index contributed by atoms with van der Waals surface area (Å²) in [5.74, 6) is -2.05. The number of anilines is 2. The first-order valence-corrected chi connectivity index (χ1v) is 17.4. The van der Waals surface area contributed by atoms with E-state index in [1.54, 1.807) is 13.3 Å². The van der Waals surface area contributed by atoms with Gasteiger partial charge in [-0.3, -0.25) is 28.9 Å². The minimum Gasteiger partial charge on any atom is -0.495 e. The number of likely N-dealkylation sites (N-methyl/N-ethyl adjacent to an activating group) is 1. The predicted octanol–water partition coefficient (Wildman–Crippen LogP) is 4.51. The molecule has 0 unspecified atom stereocenters. The van der Waals surface area contributed by atoms with Crippen LogP contribution >= 0.6 is 11.3 Å². The van der Waals surface area contributed by atoms with E-state index in [2.05, 4.69) is 32.5 Å². The zero-order valence-corrected chi connectivity index (χ0v) is 31.7. The van der Waals surface area contributed by atoms with Crippen molar-refractivity contribution in [1.82, 2.24) is 24.7 Å². The first-order chi connectivity index (χ1) is 25.5. The Balaban J connectivity index is 0.000000574. The van der Waals surface area contributed by atoms with Gasteiger partial charge in [-0.05, 0) is 42.3 Å². The highest BCUT2D eigenvalue weighted by Crippen LogP contribution is 2.41. The molecule has 0 spiro atoms. The largest absolute Gasteiger partial charge is 0.495 e. The van der Waals surface area contributed by atoms with Gasteiger partial charge in [0.1, 0.15) is 17.3 Å². The van der Waals surface area contributed by atoms with Crippen LogP contribution in [-0.4, -0.2) is 111 Å². The summed E-state index contributed by atoms with van der Waals surface area (Å²) in [6.45, 7) is 7.52. The highest BCUT2D eigenvalue weighted by molar-refractivity contribution is 7.18. The quantitative estimate of drug-likeness (QED) is 0.134. The lowest BCUT2D eigenvalue weighted by molar-refractivity contribution is -0.135. The van der Waals surface area contributed by atoms with E-state index in [4.69, 9.17) is 40.2 Å². The van der Waals surface area contributed by atoms with Crippen molar-refractivity contribution in [1.29, 1.82) is 0 Å². The number of para-hydroxylation sites is 1. The molecule has 2 amide bonds. The second-order valence-electron chi connectivity index (χ2n) is 12.1. The molecule has 0 aliphatic carbocycles. The number of carbonyl (C=O) groups excluding carboxylic acids is 2. The fourth-order valence-electron chi connectivity index (χ4n) is 5.38. The van der Waals surface area contributed by atoms with Gasteiger partial charge in [-0.15, -0.1) is 11.3 Å². The fraction of sp³-hybridized carbons (Fsp3) is 0.297. The van der Waals surface area contributed by atoms with Crippen LogP contribution in [0.3, 0.4) is 0 Å². The van der Waals surface area contributed by atoms with Gasteiger partial charge in [0.2, 0.25) is 0 Å². The molecule has 0 bridgehead atoms. The van der Waals surface area contributed by atoms with Crippen LogP contribution in [0.15, 0.2) is 60.1 Å². The van der Waals surface area contributed by atoms with Crippen molar-refractivity contribution >= 4 is 73.6 Å². The Bertz CT molecular complexity index is 2080. The van der Waals surface area contributed by atoms with Gasteiger partial charge in [0.15, 0.2) is 0 Å². The first-order valence-electron chi connectivity index (χ1n) is 16.5. The molecule has 1 aliphatic heterocycles. The number of rotatable bonds is 7. The van der Waals surface area contributed by atoms with E-state index in [0.717, 1.165) is 79.1 Å². The Kier molecular flexibility index (Phi) is 15.5. The van der Waals surface area contributed by atoms with Crippen LogP contribution in [0, 0.1) is 0 Å². The van der Waals surface area contributed by atoms with Gasteiger partial charge >= 0.3 is 0 Å². The second kappa shape index (κ2) is 19.7. The SMILES string of the molecule is CC(=O)O.CC(=O)O.CC(=O)O.COc1cc(-c2csc3c(C(=O)NCN4CCN(C)CC4)cnc(N)c23)ccc1NC(=O)c1cc2ccccc2n1C. The average molecular weight is 764 g/mol. The molecule has 7 N–H and O–H groups in total. The van der Waals surface area contributed by atoms with E-state index < -0.39 is 17.9 Å². The number of carboxylic acid groups (broad SMARTS) is 3. The number of benzene rings is 2. The molecular weight excluding hydrogens is 719 g/mol. The highest BCUT2D eigenvalue weighted by Gasteiger charge is 2.21. The maximum Gasteiger partial charge on any atom is 0.300 e. The molecule has 16 nitrogen and oxygen atoms in total. The van der Waals surface area contributed by atoms with Gasteiger partial charge in [0.25, 0.3) is 29.7 Å². The van der Waals surface area contributed by atoms with Crippen LogP contribution in [0.2, 0.25) is 0 Å². The summed E-state index contributed by atoms with van der Waals surface area (Å²) in [5.41, 5.74) is 10.6. The number of nitrogens with two attached hydrogens (primary N) is 1. The molecule has 1 aliphatic rings. The third-order valence-corrected chi connectivity index (χ3v) is 8.89. The van der Waals surface area contributed by atoms with Crippen molar-refractivity contribution in [2.24, 2.45) is 7.05 Å². The molecule has 0 radical (unpaired) electrons. The van der Waals surface area contributed by atoms with Crippen molar-refractivity contribution in [2.45, 2.75) is 20.8 Å². The van der Waals surface area contributed by atoms with E-state index in [1.165, 1.54) is 11.3 Å². The third-order valence-electron chi connectivity index (χ3n) is 7.87. The number of aromatic nitrogens is 2. The number of hydrogen-bond donors (Lipinski definition) is 6. The lowest BCUT2D eigenvalue weighted by Gasteiger charge is -2.32.